The number of hydrogen-bond acceptors (Lipinski definition) is 4. The van der Waals surface area contributed by atoms with Crippen molar-refractivity contribution >= 4 is 17.2 Å². The van der Waals surface area contributed by atoms with E-state index >= 15 is 0 Å². The third-order valence-electron chi connectivity index (χ3n) is 3.35. The molecule has 1 heterocycles. The predicted octanol–water partition coefficient (Wildman–Crippen LogP) is 2.88. The lowest BCUT2D eigenvalue weighted by atomic mass is 10.0. The zero-order valence-corrected chi connectivity index (χ0v) is 13.3. The molecule has 0 spiro atoms. The van der Waals surface area contributed by atoms with Gasteiger partial charge in [0.25, 0.3) is 0 Å². The predicted molar refractivity (Wildman–Crippen MR) is 80.3 cm³/mol. The van der Waals surface area contributed by atoms with E-state index in [0.29, 0.717) is 0 Å². The summed E-state index contributed by atoms with van der Waals surface area (Å²) in [4.78, 5) is 16.5. The highest BCUT2D eigenvalue weighted by Crippen LogP contribution is 2.19. The Kier molecular flexibility index (Phi) is 5.94. The normalized spacial score (nSPS) is 15.0. The van der Waals surface area contributed by atoms with Gasteiger partial charge in [-0.3, -0.25) is 10.1 Å². The van der Waals surface area contributed by atoms with E-state index in [1.165, 1.54) is 0 Å². The molecule has 2 N–H and O–H groups in total. The zero-order chi connectivity index (χ0) is 14.5. The largest absolute Gasteiger partial charge is 0.350 e. The lowest BCUT2D eigenvalue weighted by Gasteiger charge is -2.28. The molecule has 5 heteroatoms. The third-order valence-corrected chi connectivity index (χ3v) is 4.24. The minimum atomic E-state index is -0.223. The van der Waals surface area contributed by atoms with Crippen LogP contribution in [0.25, 0.3) is 0 Å². The van der Waals surface area contributed by atoms with Gasteiger partial charge in [-0.15, -0.1) is 11.3 Å². The fraction of sp³-hybridized carbons (Fsp3) is 0.714. The Morgan fingerprint density at radius 3 is 2.63 bits per heavy atom. The second-order valence-corrected chi connectivity index (χ2v) is 6.37. The molecule has 1 amide bonds. The monoisotopic (exact) mass is 283 g/mol. The average molecular weight is 283 g/mol. The van der Waals surface area contributed by atoms with Gasteiger partial charge in [0.1, 0.15) is 5.01 Å². The number of carbonyl (C=O) groups excluding carboxylic acids is 1. The van der Waals surface area contributed by atoms with Crippen LogP contribution in [0.4, 0.5) is 0 Å². The molecule has 2 unspecified atom stereocenters. The molecular weight excluding hydrogens is 258 g/mol. The highest BCUT2D eigenvalue weighted by molar-refractivity contribution is 7.09. The van der Waals surface area contributed by atoms with Crippen molar-refractivity contribution in [1.29, 1.82) is 0 Å². The number of nitrogens with zero attached hydrogens (tertiary/aromatic N) is 1. The molecule has 108 valence electrons. The van der Waals surface area contributed by atoms with Gasteiger partial charge in [0.05, 0.1) is 12.1 Å². The second kappa shape index (κ2) is 7.01. The molecule has 0 fully saturated rings. The maximum atomic E-state index is 12.1. The molecule has 4 nitrogen and oxygen atoms in total. The van der Waals surface area contributed by atoms with E-state index < -0.39 is 0 Å². The first-order valence-electron chi connectivity index (χ1n) is 6.87. The first kappa shape index (κ1) is 16.1. The summed E-state index contributed by atoms with van der Waals surface area (Å²) in [6, 6.07) is -0.0786. The fourth-order valence-corrected chi connectivity index (χ4v) is 2.46. The Labute approximate surface area is 120 Å². The number of aromatic nitrogens is 1. The van der Waals surface area contributed by atoms with Crippen LogP contribution in [0.3, 0.4) is 0 Å². The molecule has 0 bridgehead atoms. The van der Waals surface area contributed by atoms with Crippen LogP contribution in [-0.2, 0) is 4.79 Å². The third kappa shape index (κ3) is 4.91. The van der Waals surface area contributed by atoms with E-state index in [4.69, 9.17) is 0 Å². The molecule has 0 radical (unpaired) electrons. The van der Waals surface area contributed by atoms with Gasteiger partial charge < -0.3 is 5.32 Å². The molecule has 0 saturated heterocycles. The van der Waals surface area contributed by atoms with E-state index in [1.54, 1.807) is 17.5 Å². The average Bonchev–Trinajstić information content (AvgIpc) is 2.88. The van der Waals surface area contributed by atoms with Gasteiger partial charge >= 0.3 is 0 Å². The first-order valence-corrected chi connectivity index (χ1v) is 7.75. The van der Waals surface area contributed by atoms with E-state index in [2.05, 4.69) is 29.5 Å². The molecule has 19 heavy (non-hydrogen) atoms. The van der Waals surface area contributed by atoms with Crippen LogP contribution >= 0.6 is 11.3 Å². The summed E-state index contributed by atoms with van der Waals surface area (Å²) in [5.74, 6) is 0.0434. The number of hydrogen-bond donors (Lipinski definition) is 2. The van der Waals surface area contributed by atoms with Crippen molar-refractivity contribution in [3.63, 3.8) is 0 Å². The topological polar surface area (TPSA) is 54.0 Å². The summed E-state index contributed by atoms with van der Waals surface area (Å²) in [6.45, 7) is 10.1. The van der Waals surface area contributed by atoms with Crippen molar-refractivity contribution < 1.29 is 4.79 Å². The summed E-state index contributed by atoms with van der Waals surface area (Å²) in [6.07, 6.45) is 3.63. The van der Waals surface area contributed by atoms with E-state index in [-0.39, 0.29) is 23.5 Å². The van der Waals surface area contributed by atoms with Gasteiger partial charge in [-0.05, 0) is 33.6 Å². The highest BCUT2D eigenvalue weighted by atomic mass is 32.1. The lowest BCUT2D eigenvalue weighted by molar-refractivity contribution is -0.124. The van der Waals surface area contributed by atoms with Crippen molar-refractivity contribution in [3.8, 4) is 0 Å². The number of thiazole rings is 1. The van der Waals surface area contributed by atoms with Crippen molar-refractivity contribution in [2.24, 2.45) is 0 Å². The minimum absolute atomic E-state index is 0.0434. The van der Waals surface area contributed by atoms with Crippen LogP contribution in [0.1, 0.15) is 58.5 Å². The number of rotatable bonds is 7. The summed E-state index contributed by atoms with van der Waals surface area (Å²) in [5.41, 5.74) is -0.157. The van der Waals surface area contributed by atoms with Gasteiger partial charge in [0.2, 0.25) is 5.91 Å². The minimum Gasteiger partial charge on any atom is -0.350 e. The summed E-state index contributed by atoms with van der Waals surface area (Å²) in [5, 5.41) is 9.42. The van der Waals surface area contributed by atoms with Crippen molar-refractivity contribution in [2.75, 3.05) is 0 Å². The lowest BCUT2D eigenvalue weighted by Crippen LogP contribution is -2.51. The molecule has 0 aliphatic carbocycles. The van der Waals surface area contributed by atoms with Crippen LogP contribution in [0.15, 0.2) is 11.6 Å². The zero-order valence-electron chi connectivity index (χ0n) is 12.5. The Morgan fingerprint density at radius 1 is 1.47 bits per heavy atom. The molecule has 1 rings (SSSR count). The van der Waals surface area contributed by atoms with Crippen LogP contribution in [0.2, 0.25) is 0 Å². The van der Waals surface area contributed by atoms with E-state index in [9.17, 15) is 4.79 Å². The Bertz CT molecular complexity index is 389. The number of carbonyl (C=O) groups is 1. The quantitative estimate of drug-likeness (QED) is 0.809. The smallest absolute Gasteiger partial charge is 0.237 e. The SMILES string of the molecule is CCC(NC(C)C(=O)NC(C)(C)CC)c1nccs1. The van der Waals surface area contributed by atoms with Crippen LogP contribution in [0, 0.1) is 0 Å². The Hall–Kier alpha value is -0.940. The van der Waals surface area contributed by atoms with Crippen LogP contribution in [0.5, 0.6) is 0 Å². The molecule has 2 atom stereocenters. The van der Waals surface area contributed by atoms with Crippen LogP contribution in [-0.4, -0.2) is 22.5 Å². The van der Waals surface area contributed by atoms with Gasteiger partial charge in [-0.2, -0.15) is 0 Å². The Balaban J connectivity index is 2.58. The standard InChI is InChI=1S/C14H25N3OS/c1-6-11(13-15-8-9-19-13)16-10(3)12(18)17-14(4,5)7-2/h8-11,16H,6-7H2,1-5H3,(H,17,18). The second-order valence-electron chi connectivity index (χ2n) is 5.45. The summed E-state index contributed by atoms with van der Waals surface area (Å²) < 4.78 is 0. The van der Waals surface area contributed by atoms with Gasteiger partial charge in [-0.1, -0.05) is 13.8 Å². The molecule has 1 aromatic rings. The molecular formula is C14H25N3OS. The maximum absolute atomic E-state index is 12.1. The summed E-state index contributed by atoms with van der Waals surface area (Å²) >= 11 is 1.62. The molecule has 0 saturated carbocycles. The molecule has 1 aromatic heterocycles. The Morgan fingerprint density at radius 2 is 2.16 bits per heavy atom. The van der Waals surface area contributed by atoms with Crippen molar-refractivity contribution in [3.05, 3.63) is 16.6 Å². The molecule has 0 aliphatic heterocycles. The number of nitrogens with one attached hydrogen (secondary N) is 2. The fourth-order valence-electron chi connectivity index (χ4n) is 1.68. The summed E-state index contributed by atoms with van der Waals surface area (Å²) in [7, 11) is 0. The molecule has 0 aliphatic rings. The van der Waals surface area contributed by atoms with Crippen molar-refractivity contribution in [1.82, 2.24) is 15.6 Å². The van der Waals surface area contributed by atoms with Crippen molar-refractivity contribution in [2.45, 2.75) is 65.1 Å². The van der Waals surface area contributed by atoms with E-state index in [1.807, 2.05) is 26.2 Å². The van der Waals surface area contributed by atoms with Gasteiger partial charge in [-0.25, -0.2) is 4.98 Å². The van der Waals surface area contributed by atoms with Gasteiger partial charge in [0, 0.05) is 17.1 Å². The van der Waals surface area contributed by atoms with Crippen LogP contribution < -0.4 is 10.6 Å². The van der Waals surface area contributed by atoms with Gasteiger partial charge in [0.15, 0.2) is 0 Å². The van der Waals surface area contributed by atoms with E-state index in [0.717, 1.165) is 17.8 Å². The maximum Gasteiger partial charge on any atom is 0.237 e. The molecule has 0 aromatic carbocycles. The number of amides is 1. The first-order chi connectivity index (χ1) is 8.89. The highest BCUT2D eigenvalue weighted by Gasteiger charge is 2.24.